The largest absolute Gasteiger partial charge is 0.308 e. The standard InChI is InChI=1S/C14H20N4/c1-14(2,3)16-9-12-10-18(4)17-13(12)11-5-7-15-8-6-11/h5-8,10,16H,9H2,1-4H3. The van der Waals surface area contributed by atoms with Gasteiger partial charge in [-0.15, -0.1) is 0 Å². The van der Waals surface area contributed by atoms with Crippen LogP contribution in [-0.4, -0.2) is 20.3 Å². The van der Waals surface area contributed by atoms with Crippen LogP contribution >= 0.6 is 0 Å². The first-order valence-corrected chi connectivity index (χ1v) is 6.14. The molecule has 2 aromatic rings. The van der Waals surface area contributed by atoms with Crippen molar-refractivity contribution in [3.63, 3.8) is 0 Å². The number of aromatic nitrogens is 3. The topological polar surface area (TPSA) is 42.7 Å². The van der Waals surface area contributed by atoms with E-state index in [4.69, 9.17) is 0 Å². The van der Waals surface area contributed by atoms with Gasteiger partial charge in [-0.3, -0.25) is 9.67 Å². The highest BCUT2D eigenvalue weighted by Crippen LogP contribution is 2.21. The number of pyridine rings is 1. The van der Waals surface area contributed by atoms with Gasteiger partial charge in [0.2, 0.25) is 0 Å². The summed E-state index contributed by atoms with van der Waals surface area (Å²) in [6, 6.07) is 3.98. The second kappa shape index (κ2) is 4.90. The predicted octanol–water partition coefficient (Wildman–Crippen LogP) is 2.37. The lowest BCUT2D eigenvalue weighted by Gasteiger charge is -2.20. The highest BCUT2D eigenvalue weighted by atomic mass is 15.3. The number of aryl methyl sites for hydroxylation is 1. The van der Waals surface area contributed by atoms with Crippen molar-refractivity contribution in [2.24, 2.45) is 7.05 Å². The molecular weight excluding hydrogens is 224 g/mol. The van der Waals surface area contributed by atoms with Crippen LogP contribution in [0.5, 0.6) is 0 Å². The normalized spacial score (nSPS) is 11.8. The molecule has 0 radical (unpaired) electrons. The molecule has 0 aliphatic carbocycles. The molecule has 0 fully saturated rings. The van der Waals surface area contributed by atoms with Gasteiger partial charge in [0.15, 0.2) is 0 Å². The van der Waals surface area contributed by atoms with Gasteiger partial charge < -0.3 is 5.32 Å². The summed E-state index contributed by atoms with van der Waals surface area (Å²) < 4.78 is 1.86. The van der Waals surface area contributed by atoms with Crippen LogP contribution in [0.15, 0.2) is 30.7 Å². The van der Waals surface area contributed by atoms with E-state index in [1.807, 2.05) is 23.9 Å². The molecular formula is C14H20N4. The molecule has 0 saturated heterocycles. The Morgan fingerprint density at radius 3 is 2.50 bits per heavy atom. The molecule has 1 N–H and O–H groups in total. The third kappa shape index (κ3) is 3.17. The van der Waals surface area contributed by atoms with Crippen LogP contribution in [0.3, 0.4) is 0 Å². The van der Waals surface area contributed by atoms with Crippen molar-refractivity contribution in [3.8, 4) is 11.3 Å². The number of hydrogen-bond acceptors (Lipinski definition) is 3. The van der Waals surface area contributed by atoms with Crippen LogP contribution < -0.4 is 5.32 Å². The second-order valence-electron chi connectivity index (χ2n) is 5.52. The summed E-state index contributed by atoms with van der Waals surface area (Å²) in [5.41, 5.74) is 3.44. The first-order chi connectivity index (χ1) is 8.46. The Hall–Kier alpha value is -1.68. The van der Waals surface area contributed by atoms with Crippen molar-refractivity contribution in [3.05, 3.63) is 36.3 Å². The lowest BCUT2D eigenvalue weighted by atomic mass is 10.1. The molecule has 0 bridgehead atoms. The third-order valence-electron chi connectivity index (χ3n) is 2.67. The van der Waals surface area contributed by atoms with Crippen molar-refractivity contribution in [1.82, 2.24) is 20.1 Å². The van der Waals surface area contributed by atoms with E-state index in [0.29, 0.717) is 0 Å². The monoisotopic (exact) mass is 244 g/mol. The van der Waals surface area contributed by atoms with Gasteiger partial charge in [0.25, 0.3) is 0 Å². The molecule has 0 amide bonds. The SMILES string of the molecule is Cn1cc(CNC(C)(C)C)c(-c2ccncc2)n1. The first-order valence-electron chi connectivity index (χ1n) is 6.14. The van der Waals surface area contributed by atoms with E-state index in [1.165, 1.54) is 5.56 Å². The molecule has 2 aromatic heterocycles. The number of nitrogens with zero attached hydrogens (tertiary/aromatic N) is 3. The lowest BCUT2D eigenvalue weighted by Crippen LogP contribution is -2.35. The van der Waals surface area contributed by atoms with E-state index >= 15 is 0 Å². The Morgan fingerprint density at radius 1 is 1.22 bits per heavy atom. The van der Waals surface area contributed by atoms with Gasteiger partial charge in [-0.25, -0.2) is 0 Å². The highest BCUT2D eigenvalue weighted by Gasteiger charge is 2.13. The minimum Gasteiger partial charge on any atom is -0.308 e. The van der Waals surface area contributed by atoms with E-state index < -0.39 is 0 Å². The minimum atomic E-state index is 0.103. The zero-order chi connectivity index (χ0) is 13.2. The Kier molecular flexibility index (Phi) is 3.48. The summed E-state index contributed by atoms with van der Waals surface area (Å²) in [5, 5.41) is 8.02. The number of nitrogens with one attached hydrogen (secondary N) is 1. The molecule has 0 aromatic carbocycles. The van der Waals surface area contributed by atoms with E-state index in [-0.39, 0.29) is 5.54 Å². The maximum Gasteiger partial charge on any atom is 0.0969 e. The molecule has 4 heteroatoms. The summed E-state index contributed by atoms with van der Waals surface area (Å²) in [5.74, 6) is 0. The van der Waals surface area contributed by atoms with Crippen LogP contribution in [0, 0.1) is 0 Å². The van der Waals surface area contributed by atoms with Gasteiger partial charge in [0.1, 0.15) is 0 Å². The fourth-order valence-corrected chi connectivity index (χ4v) is 1.78. The van der Waals surface area contributed by atoms with E-state index in [1.54, 1.807) is 12.4 Å². The van der Waals surface area contributed by atoms with E-state index in [0.717, 1.165) is 17.8 Å². The third-order valence-corrected chi connectivity index (χ3v) is 2.67. The Balaban J connectivity index is 2.26. The Morgan fingerprint density at radius 2 is 1.89 bits per heavy atom. The van der Waals surface area contributed by atoms with Crippen molar-refractivity contribution in [2.45, 2.75) is 32.9 Å². The first kappa shape index (κ1) is 12.8. The van der Waals surface area contributed by atoms with Gasteiger partial charge in [0.05, 0.1) is 5.69 Å². The molecule has 0 unspecified atom stereocenters. The van der Waals surface area contributed by atoms with Crippen LogP contribution in [0.25, 0.3) is 11.3 Å². The zero-order valence-corrected chi connectivity index (χ0v) is 11.4. The molecule has 4 nitrogen and oxygen atoms in total. The fraction of sp³-hybridized carbons (Fsp3) is 0.429. The van der Waals surface area contributed by atoms with Crippen LogP contribution in [0.2, 0.25) is 0 Å². The smallest absolute Gasteiger partial charge is 0.0969 e. The number of rotatable bonds is 3. The van der Waals surface area contributed by atoms with Crippen molar-refractivity contribution < 1.29 is 0 Å². The van der Waals surface area contributed by atoms with Gasteiger partial charge >= 0.3 is 0 Å². The molecule has 0 aliphatic heterocycles. The summed E-state index contributed by atoms with van der Waals surface area (Å²) in [4.78, 5) is 4.04. The zero-order valence-electron chi connectivity index (χ0n) is 11.4. The molecule has 0 atom stereocenters. The van der Waals surface area contributed by atoms with Gasteiger partial charge in [-0.1, -0.05) is 0 Å². The highest BCUT2D eigenvalue weighted by molar-refractivity contribution is 5.61. The Bertz CT molecular complexity index is 508. The summed E-state index contributed by atoms with van der Waals surface area (Å²) >= 11 is 0. The van der Waals surface area contributed by atoms with E-state index in [9.17, 15) is 0 Å². The summed E-state index contributed by atoms with van der Waals surface area (Å²) in [6.45, 7) is 7.30. The lowest BCUT2D eigenvalue weighted by molar-refractivity contribution is 0.424. The van der Waals surface area contributed by atoms with Crippen LogP contribution in [0.1, 0.15) is 26.3 Å². The summed E-state index contributed by atoms with van der Waals surface area (Å²) in [7, 11) is 1.95. The second-order valence-corrected chi connectivity index (χ2v) is 5.52. The molecule has 2 rings (SSSR count). The van der Waals surface area contributed by atoms with Gasteiger partial charge in [-0.05, 0) is 32.9 Å². The Labute approximate surface area is 108 Å². The number of hydrogen-bond donors (Lipinski definition) is 1. The molecule has 0 spiro atoms. The average Bonchev–Trinajstić information content (AvgIpc) is 2.68. The maximum atomic E-state index is 4.53. The fourth-order valence-electron chi connectivity index (χ4n) is 1.78. The van der Waals surface area contributed by atoms with Crippen LogP contribution in [0.4, 0.5) is 0 Å². The minimum absolute atomic E-state index is 0.103. The maximum absolute atomic E-state index is 4.53. The van der Waals surface area contributed by atoms with E-state index in [2.05, 4.69) is 42.4 Å². The quantitative estimate of drug-likeness (QED) is 0.901. The molecule has 2 heterocycles. The average molecular weight is 244 g/mol. The molecule has 0 aliphatic rings. The summed E-state index contributed by atoms with van der Waals surface area (Å²) in [6.07, 6.45) is 5.66. The molecule has 96 valence electrons. The van der Waals surface area contributed by atoms with Crippen molar-refractivity contribution >= 4 is 0 Å². The van der Waals surface area contributed by atoms with Crippen molar-refractivity contribution in [2.75, 3.05) is 0 Å². The van der Waals surface area contributed by atoms with Crippen LogP contribution in [-0.2, 0) is 13.6 Å². The molecule has 0 saturated carbocycles. The van der Waals surface area contributed by atoms with Gasteiger partial charge in [0, 0.05) is 48.8 Å². The molecule has 18 heavy (non-hydrogen) atoms. The van der Waals surface area contributed by atoms with Crippen molar-refractivity contribution in [1.29, 1.82) is 0 Å². The van der Waals surface area contributed by atoms with Gasteiger partial charge in [-0.2, -0.15) is 5.10 Å². The predicted molar refractivity (Wildman–Crippen MR) is 73.0 cm³/mol.